The van der Waals surface area contributed by atoms with Crippen molar-refractivity contribution in [2.24, 2.45) is 0 Å². The van der Waals surface area contributed by atoms with Crippen molar-refractivity contribution in [3.63, 3.8) is 0 Å². The van der Waals surface area contributed by atoms with Crippen molar-refractivity contribution in [2.75, 3.05) is 5.88 Å². The number of carbonyl (C=O) groups is 1. The van der Waals surface area contributed by atoms with E-state index in [0.29, 0.717) is 12.0 Å². The number of hydrogen-bond acceptors (Lipinski definition) is 3. The van der Waals surface area contributed by atoms with Gasteiger partial charge in [0.2, 0.25) is 0 Å². The summed E-state index contributed by atoms with van der Waals surface area (Å²) in [5.41, 5.74) is 0.499. The molecule has 1 aliphatic heterocycles. The first kappa shape index (κ1) is 10.9. The molecular formula is C8H10LiNO2S. The van der Waals surface area contributed by atoms with Crippen LogP contribution >= 0.6 is 11.8 Å². The molecule has 0 aromatic rings. The van der Waals surface area contributed by atoms with Crippen molar-refractivity contribution in [3.05, 3.63) is 22.6 Å². The maximum absolute atomic E-state index is 10.6. The topological polar surface area (TPSA) is 49.3 Å². The minimum absolute atomic E-state index is 0. The molecule has 0 amide bonds. The average molecular weight is 191 g/mol. The zero-order valence-electron chi connectivity index (χ0n) is 6.41. The summed E-state index contributed by atoms with van der Waals surface area (Å²) in [5, 5.41) is 12.0. The fourth-order valence-corrected chi connectivity index (χ4v) is 2.38. The van der Waals surface area contributed by atoms with E-state index in [2.05, 4.69) is 5.32 Å². The van der Waals surface area contributed by atoms with Gasteiger partial charge in [0.1, 0.15) is 0 Å². The summed E-state index contributed by atoms with van der Waals surface area (Å²) in [5.74, 6) is 0.0982. The molecule has 3 nitrogen and oxygen atoms in total. The van der Waals surface area contributed by atoms with Gasteiger partial charge in [0.15, 0.2) is 0 Å². The van der Waals surface area contributed by atoms with Crippen LogP contribution in [0.5, 0.6) is 0 Å². The number of carboxylic acids is 1. The van der Waals surface area contributed by atoms with Crippen LogP contribution in [0.3, 0.4) is 0 Å². The molecule has 0 aromatic heterocycles. The van der Waals surface area contributed by atoms with Gasteiger partial charge in [0.25, 0.3) is 0 Å². The van der Waals surface area contributed by atoms with E-state index in [0.717, 1.165) is 5.88 Å². The van der Waals surface area contributed by atoms with E-state index >= 15 is 0 Å². The summed E-state index contributed by atoms with van der Waals surface area (Å²) < 4.78 is 0. The summed E-state index contributed by atoms with van der Waals surface area (Å²) in [4.78, 5) is 11.9. The summed E-state index contributed by atoms with van der Waals surface area (Å²) >= 11 is 1.75. The Morgan fingerprint density at radius 3 is 3.08 bits per heavy atom. The standard InChI is InChI=1S/C8H9NO2S.Li.H/c10-8(11)5-1-2-7-6(3-5)9-4-12-7;;/h1-2,6,9H,3-4H2,(H,10,11);;. The van der Waals surface area contributed by atoms with Gasteiger partial charge in [-0.05, 0) is 6.42 Å². The van der Waals surface area contributed by atoms with Gasteiger partial charge < -0.3 is 5.11 Å². The molecule has 1 aliphatic carbocycles. The molecule has 13 heavy (non-hydrogen) atoms. The third kappa shape index (κ3) is 2.21. The molecule has 1 saturated heterocycles. The first-order valence-electron chi connectivity index (χ1n) is 3.77. The number of aliphatic carboxylic acids is 1. The van der Waals surface area contributed by atoms with E-state index in [1.54, 1.807) is 17.8 Å². The average Bonchev–Trinajstić information content (AvgIpc) is 2.49. The summed E-state index contributed by atoms with van der Waals surface area (Å²) in [6.45, 7) is 0. The van der Waals surface area contributed by atoms with Crippen molar-refractivity contribution in [3.8, 4) is 0 Å². The fraction of sp³-hybridized carbons (Fsp3) is 0.375. The van der Waals surface area contributed by atoms with E-state index in [9.17, 15) is 4.79 Å². The van der Waals surface area contributed by atoms with Crippen molar-refractivity contribution >= 4 is 36.6 Å². The predicted octanol–water partition coefficient (Wildman–Crippen LogP) is 0.299. The number of hydrogen-bond donors (Lipinski definition) is 2. The van der Waals surface area contributed by atoms with Gasteiger partial charge in [-0.2, -0.15) is 0 Å². The third-order valence-corrected chi connectivity index (χ3v) is 3.12. The molecule has 1 fully saturated rings. The maximum atomic E-state index is 10.6. The van der Waals surface area contributed by atoms with Crippen molar-refractivity contribution < 1.29 is 9.90 Å². The first-order valence-corrected chi connectivity index (χ1v) is 4.76. The van der Waals surface area contributed by atoms with Gasteiger partial charge in [-0.25, -0.2) is 4.79 Å². The van der Waals surface area contributed by atoms with Gasteiger partial charge in [-0.15, -0.1) is 11.8 Å². The predicted molar refractivity (Wildman–Crippen MR) is 54.9 cm³/mol. The molecule has 2 rings (SSSR count). The van der Waals surface area contributed by atoms with E-state index in [-0.39, 0.29) is 24.9 Å². The SMILES string of the molecule is O=C(O)C1=CC=C2SCNC2C1.[LiH]. The zero-order chi connectivity index (χ0) is 8.55. The van der Waals surface area contributed by atoms with E-state index in [1.165, 1.54) is 4.91 Å². The number of rotatable bonds is 1. The molecule has 0 saturated carbocycles. The molecule has 2 aliphatic rings. The number of thioether (sulfide) groups is 1. The van der Waals surface area contributed by atoms with Gasteiger partial charge in [-0.1, -0.05) is 12.2 Å². The van der Waals surface area contributed by atoms with Gasteiger partial charge in [0, 0.05) is 22.4 Å². The van der Waals surface area contributed by atoms with Gasteiger partial charge >= 0.3 is 24.8 Å². The number of allylic oxidation sites excluding steroid dienone is 2. The van der Waals surface area contributed by atoms with Crippen LogP contribution in [0.2, 0.25) is 0 Å². The van der Waals surface area contributed by atoms with Gasteiger partial charge in [0.05, 0.1) is 0 Å². The Kier molecular flexibility index (Phi) is 3.69. The quantitative estimate of drug-likeness (QED) is 0.585. The van der Waals surface area contributed by atoms with Crippen LogP contribution < -0.4 is 5.32 Å². The van der Waals surface area contributed by atoms with Gasteiger partial charge in [-0.3, -0.25) is 5.32 Å². The molecule has 1 unspecified atom stereocenters. The molecule has 5 heteroatoms. The first-order chi connectivity index (χ1) is 5.77. The number of carboxylic acid groups (broad SMARTS) is 1. The molecule has 0 aromatic carbocycles. The molecular weight excluding hydrogens is 181 g/mol. The Labute approximate surface area is 92.8 Å². The van der Waals surface area contributed by atoms with Crippen LogP contribution in [-0.4, -0.2) is 41.9 Å². The van der Waals surface area contributed by atoms with Crippen LogP contribution in [0.4, 0.5) is 0 Å². The Balaban J connectivity index is 0.000000845. The van der Waals surface area contributed by atoms with Crippen molar-refractivity contribution in [1.29, 1.82) is 0 Å². The minimum atomic E-state index is -0.802. The van der Waals surface area contributed by atoms with Crippen molar-refractivity contribution in [1.82, 2.24) is 5.32 Å². The van der Waals surface area contributed by atoms with Crippen LogP contribution in [-0.2, 0) is 4.79 Å². The van der Waals surface area contributed by atoms with Crippen LogP contribution in [0.15, 0.2) is 22.6 Å². The Morgan fingerprint density at radius 2 is 2.38 bits per heavy atom. The second kappa shape index (κ2) is 4.38. The molecule has 0 bridgehead atoms. The molecule has 0 spiro atoms. The Morgan fingerprint density at radius 1 is 1.62 bits per heavy atom. The molecule has 66 valence electrons. The van der Waals surface area contributed by atoms with E-state index < -0.39 is 5.97 Å². The second-order valence-electron chi connectivity index (χ2n) is 2.82. The molecule has 1 atom stereocenters. The van der Waals surface area contributed by atoms with E-state index in [4.69, 9.17) is 5.11 Å². The molecule has 2 N–H and O–H groups in total. The summed E-state index contributed by atoms with van der Waals surface area (Å²) in [7, 11) is 0. The fourth-order valence-electron chi connectivity index (χ4n) is 1.39. The number of nitrogens with one attached hydrogen (secondary N) is 1. The second-order valence-corrected chi connectivity index (χ2v) is 3.86. The van der Waals surface area contributed by atoms with Crippen LogP contribution in [0, 0.1) is 0 Å². The van der Waals surface area contributed by atoms with Crippen molar-refractivity contribution in [2.45, 2.75) is 12.5 Å². The normalized spacial score (nSPS) is 25.4. The Bertz CT molecular complexity index is 288. The van der Waals surface area contributed by atoms with Crippen LogP contribution in [0.1, 0.15) is 6.42 Å². The zero-order valence-corrected chi connectivity index (χ0v) is 7.23. The molecule has 0 radical (unpaired) electrons. The third-order valence-electron chi connectivity index (χ3n) is 2.06. The van der Waals surface area contributed by atoms with E-state index in [1.807, 2.05) is 6.08 Å². The molecule has 1 heterocycles. The monoisotopic (exact) mass is 191 g/mol. The van der Waals surface area contributed by atoms with Crippen LogP contribution in [0.25, 0.3) is 0 Å². The summed E-state index contributed by atoms with van der Waals surface area (Å²) in [6.07, 6.45) is 4.23. The summed E-state index contributed by atoms with van der Waals surface area (Å²) in [6, 6.07) is 0.256. The Hall–Kier alpha value is -0.143. The number of fused-ring (bicyclic) bond motifs is 1.